The zero-order chi connectivity index (χ0) is 21.5. The number of fused-ring (bicyclic) bond motifs is 1. The molecule has 0 radical (unpaired) electrons. The van der Waals surface area contributed by atoms with Gasteiger partial charge in [-0.3, -0.25) is 4.98 Å². The van der Waals surface area contributed by atoms with Gasteiger partial charge in [-0.15, -0.1) is 0 Å². The Morgan fingerprint density at radius 1 is 0.969 bits per heavy atom. The van der Waals surface area contributed by atoms with E-state index in [1.54, 1.807) is 0 Å². The van der Waals surface area contributed by atoms with E-state index >= 15 is 0 Å². The lowest BCUT2D eigenvalue weighted by Crippen LogP contribution is -2.31. The molecular weight excluding hydrogens is 420 g/mol. The molecule has 1 N–H and O–H groups in total. The quantitative estimate of drug-likeness (QED) is 0.550. The molecule has 0 amide bonds. The van der Waals surface area contributed by atoms with Gasteiger partial charge in [0.1, 0.15) is 6.04 Å². The minimum absolute atomic E-state index is 0.0188. The second kappa shape index (κ2) is 8.13. The number of thiocarbonyl (C=S) groups is 1. The Kier molecular flexibility index (Phi) is 4.98. The molecule has 4 heterocycles. The average molecular weight is 447 g/mol. The Morgan fingerprint density at radius 3 is 2.69 bits per heavy atom. The molecule has 6 nitrogen and oxygen atoms in total. The van der Waals surface area contributed by atoms with Crippen LogP contribution >= 0.6 is 12.2 Å². The minimum Gasteiger partial charge on any atom is -0.454 e. The maximum absolute atomic E-state index is 5.88. The molecule has 1 aliphatic carbocycles. The number of anilines is 1. The van der Waals surface area contributed by atoms with Crippen LogP contribution in [0.2, 0.25) is 0 Å². The molecule has 0 spiro atoms. The Bertz CT molecular complexity index is 1130. The van der Waals surface area contributed by atoms with Crippen molar-refractivity contribution >= 4 is 23.0 Å². The predicted molar refractivity (Wildman–Crippen MR) is 127 cm³/mol. The lowest BCUT2D eigenvalue weighted by Gasteiger charge is -2.32. The van der Waals surface area contributed by atoms with Gasteiger partial charge >= 0.3 is 0 Å². The molecule has 2 fully saturated rings. The molecule has 0 unspecified atom stereocenters. The van der Waals surface area contributed by atoms with Gasteiger partial charge < -0.3 is 24.3 Å². The van der Waals surface area contributed by atoms with Crippen LogP contribution in [0.5, 0.6) is 11.5 Å². The average Bonchev–Trinajstić information content (AvgIpc) is 3.57. The van der Waals surface area contributed by atoms with E-state index < -0.39 is 0 Å². The molecule has 32 heavy (non-hydrogen) atoms. The molecule has 6 rings (SSSR count). The fourth-order valence-corrected chi connectivity index (χ4v) is 5.66. The van der Waals surface area contributed by atoms with E-state index in [4.69, 9.17) is 21.7 Å². The summed E-state index contributed by atoms with van der Waals surface area (Å²) in [5, 5.41) is 4.26. The van der Waals surface area contributed by atoms with E-state index in [1.165, 1.54) is 37.8 Å². The summed E-state index contributed by atoms with van der Waals surface area (Å²) in [5.41, 5.74) is 3.24. The second-order valence-corrected chi connectivity index (χ2v) is 9.05. The normalized spacial score (nSPS) is 22.9. The van der Waals surface area contributed by atoms with Crippen molar-refractivity contribution in [1.29, 1.82) is 0 Å². The molecule has 3 aliphatic rings. The maximum atomic E-state index is 5.88. The van der Waals surface area contributed by atoms with Gasteiger partial charge in [-0.1, -0.05) is 25.3 Å². The zero-order valence-corrected chi connectivity index (χ0v) is 18.6. The van der Waals surface area contributed by atoms with Gasteiger partial charge in [0.05, 0.1) is 11.7 Å². The molecule has 164 valence electrons. The Morgan fingerprint density at radius 2 is 1.84 bits per heavy atom. The smallest absolute Gasteiger partial charge is 0.231 e. The number of hydrogen-bond acceptors (Lipinski definition) is 4. The SMILES string of the molecule is S=C1N[C@@H](c2ccccn2)[C@@H](c2cccn2C2CCCCC2)N1c1ccc2c(c1)OCO2. The monoisotopic (exact) mass is 446 g/mol. The Labute approximate surface area is 193 Å². The fourth-order valence-electron chi connectivity index (χ4n) is 5.32. The van der Waals surface area contributed by atoms with Crippen LogP contribution < -0.4 is 19.7 Å². The molecular formula is C25H26N4O2S. The Balaban J connectivity index is 1.46. The van der Waals surface area contributed by atoms with Crippen LogP contribution in [0.3, 0.4) is 0 Å². The minimum atomic E-state index is -0.0497. The number of nitrogens with one attached hydrogen (secondary N) is 1. The third kappa shape index (κ3) is 3.32. The van der Waals surface area contributed by atoms with E-state index in [2.05, 4.69) is 50.2 Å². The number of pyridine rings is 1. The van der Waals surface area contributed by atoms with E-state index in [9.17, 15) is 0 Å². The fraction of sp³-hybridized carbons (Fsp3) is 0.360. The van der Waals surface area contributed by atoms with E-state index in [-0.39, 0.29) is 18.9 Å². The summed E-state index contributed by atoms with van der Waals surface area (Å²) in [6.45, 7) is 0.256. The molecule has 1 aromatic carbocycles. The number of nitrogens with zero attached hydrogens (tertiary/aromatic N) is 3. The van der Waals surface area contributed by atoms with Crippen molar-refractivity contribution in [2.45, 2.75) is 50.2 Å². The van der Waals surface area contributed by atoms with E-state index in [0.29, 0.717) is 11.2 Å². The first-order valence-corrected chi connectivity index (χ1v) is 11.8. The number of ether oxygens (including phenoxy) is 2. The largest absolute Gasteiger partial charge is 0.454 e. The molecule has 7 heteroatoms. The molecule has 2 aromatic heterocycles. The third-order valence-electron chi connectivity index (χ3n) is 6.82. The molecule has 2 atom stereocenters. The zero-order valence-electron chi connectivity index (χ0n) is 17.8. The predicted octanol–water partition coefficient (Wildman–Crippen LogP) is 5.29. The summed E-state index contributed by atoms with van der Waals surface area (Å²) in [6.07, 6.45) is 10.5. The number of hydrogen-bond donors (Lipinski definition) is 1. The first-order valence-electron chi connectivity index (χ1n) is 11.4. The van der Waals surface area contributed by atoms with Gasteiger partial charge in [-0.25, -0.2) is 0 Å². The standard InChI is InChI=1S/C25H26N4O2S/c32-25-27-23(19-9-4-5-13-26-19)24(20-10-6-14-28(20)17-7-2-1-3-8-17)29(25)18-11-12-21-22(15-18)31-16-30-21/h4-6,9-15,17,23-24H,1-3,7-8,16H2,(H,27,32)/t23-,24+/m0/s1. The lowest BCUT2D eigenvalue weighted by molar-refractivity contribution is 0.174. The van der Waals surface area contributed by atoms with Crippen LogP contribution in [0.25, 0.3) is 0 Å². The van der Waals surface area contributed by atoms with Crippen LogP contribution in [-0.2, 0) is 0 Å². The van der Waals surface area contributed by atoms with Crippen LogP contribution in [0.15, 0.2) is 60.9 Å². The van der Waals surface area contributed by atoms with Crippen molar-refractivity contribution < 1.29 is 9.47 Å². The molecule has 3 aromatic rings. The number of aromatic nitrogens is 2. The maximum Gasteiger partial charge on any atom is 0.231 e. The Hall–Kier alpha value is -3.06. The lowest BCUT2D eigenvalue weighted by atomic mass is 9.94. The van der Waals surface area contributed by atoms with Gasteiger partial charge in [-0.05, 0) is 61.5 Å². The van der Waals surface area contributed by atoms with Gasteiger partial charge in [-0.2, -0.15) is 0 Å². The van der Waals surface area contributed by atoms with Gasteiger partial charge in [0, 0.05) is 35.9 Å². The number of rotatable bonds is 4. The van der Waals surface area contributed by atoms with Crippen molar-refractivity contribution in [2.75, 3.05) is 11.7 Å². The van der Waals surface area contributed by atoms with Crippen molar-refractivity contribution in [3.8, 4) is 11.5 Å². The van der Waals surface area contributed by atoms with Crippen LogP contribution in [0.4, 0.5) is 5.69 Å². The van der Waals surface area contributed by atoms with E-state index in [1.807, 2.05) is 30.5 Å². The highest BCUT2D eigenvalue weighted by Gasteiger charge is 2.43. The van der Waals surface area contributed by atoms with Crippen LogP contribution in [0, 0.1) is 0 Å². The summed E-state index contributed by atoms with van der Waals surface area (Å²) in [7, 11) is 0. The number of benzene rings is 1. The van der Waals surface area contributed by atoms with Crippen molar-refractivity contribution in [2.24, 2.45) is 0 Å². The highest BCUT2D eigenvalue weighted by Crippen LogP contribution is 2.45. The van der Waals surface area contributed by atoms with Crippen molar-refractivity contribution in [3.63, 3.8) is 0 Å². The summed E-state index contributed by atoms with van der Waals surface area (Å²) in [6, 6.07) is 17.0. The highest BCUT2D eigenvalue weighted by molar-refractivity contribution is 7.80. The first-order chi connectivity index (χ1) is 15.8. The summed E-state index contributed by atoms with van der Waals surface area (Å²) in [5.74, 6) is 1.53. The summed E-state index contributed by atoms with van der Waals surface area (Å²) < 4.78 is 13.7. The highest BCUT2D eigenvalue weighted by atomic mass is 32.1. The molecule has 1 saturated carbocycles. The second-order valence-electron chi connectivity index (χ2n) is 8.67. The molecule has 1 saturated heterocycles. The topological polar surface area (TPSA) is 51.6 Å². The van der Waals surface area contributed by atoms with Crippen molar-refractivity contribution in [3.05, 3.63) is 72.3 Å². The van der Waals surface area contributed by atoms with Gasteiger partial charge in [0.2, 0.25) is 6.79 Å². The van der Waals surface area contributed by atoms with E-state index in [0.717, 1.165) is 22.9 Å². The molecule has 0 bridgehead atoms. The third-order valence-corrected chi connectivity index (χ3v) is 7.13. The van der Waals surface area contributed by atoms with Crippen molar-refractivity contribution in [1.82, 2.24) is 14.9 Å². The summed E-state index contributed by atoms with van der Waals surface area (Å²) >= 11 is 5.88. The van der Waals surface area contributed by atoms with Crippen LogP contribution in [0.1, 0.15) is 61.6 Å². The van der Waals surface area contributed by atoms with Gasteiger partial charge in [0.15, 0.2) is 16.6 Å². The molecule has 2 aliphatic heterocycles. The summed E-state index contributed by atoms with van der Waals surface area (Å²) in [4.78, 5) is 6.89. The first kappa shape index (κ1) is 19.6. The van der Waals surface area contributed by atoms with Gasteiger partial charge in [0.25, 0.3) is 0 Å². The van der Waals surface area contributed by atoms with Crippen LogP contribution in [-0.4, -0.2) is 21.5 Å².